The Morgan fingerprint density at radius 2 is 1.70 bits per heavy atom. The minimum atomic E-state index is -1.47. The molecule has 9 heteroatoms. The van der Waals surface area contributed by atoms with Crippen molar-refractivity contribution in [2.75, 3.05) is 30.1 Å². The van der Waals surface area contributed by atoms with Gasteiger partial charge in [0.1, 0.15) is 5.75 Å². The Morgan fingerprint density at radius 3 is 2.42 bits per heavy atom. The molecule has 0 radical (unpaired) electrons. The van der Waals surface area contributed by atoms with Gasteiger partial charge in [-0.15, -0.1) is 6.58 Å². The molecule has 9 nitrogen and oxygen atoms in total. The van der Waals surface area contributed by atoms with E-state index in [1.807, 2.05) is 97.1 Å². The Balaban J connectivity index is 1.16. The molecule has 0 aliphatic carbocycles. The molecule has 1 spiro atoms. The Bertz CT molecular complexity index is 2450. The molecule has 5 aromatic carbocycles. The van der Waals surface area contributed by atoms with Crippen LogP contribution in [0.1, 0.15) is 59.8 Å². The van der Waals surface area contributed by atoms with Gasteiger partial charge >= 0.3 is 0 Å². The van der Waals surface area contributed by atoms with Crippen LogP contribution in [0.2, 0.25) is 0 Å². The molecule has 0 bridgehead atoms. The van der Waals surface area contributed by atoms with E-state index in [2.05, 4.69) is 33.4 Å². The molecule has 4 heterocycles. The molecule has 9 rings (SSSR count). The van der Waals surface area contributed by atoms with E-state index in [4.69, 9.17) is 9.47 Å². The molecule has 0 saturated carbocycles. The van der Waals surface area contributed by atoms with Gasteiger partial charge in [-0.3, -0.25) is 19.3 Å². The molecule has 1 saturated heterocycles. The summed E-state index contributed by atoms with van der Waals surface area (Å²) >= 11 is 0. The van der Waals surface area contributed by atoms with Gasteiger partial charge in [0.2, 0.25) is 5.91 Å². The number of fused-ring (bicyclic) bond motifs is 3. The summed E-state index contributed by atoms with van der Waals surface area (Å²) in [5, 5.41) is 12.4. The van der Waals surface area contributed by atoms with Gasteiger partial charge in [0, 0.05) is 41.6 Å². The van der Waals surface area contributed by atoms with Crippen molar-refractivity contribution >= 4 is 45.6 Å². The molecule has 1 N–H and O–H groups in total. The monoisotopic (exact) mass is 761 g/mol. The maximum atomic E-state index is 15.2. The second-order valence-corrected chi connectivity index (χ2v) is 16.4. The van der Waals surface area contributed by atoms with Crippen LogP contribution >= 0.6 is 0 Å². The highest BCUT2D eigenvalue weighted by Gasteiger charge is 2.66. The maximum absolute atomic E-state index is 15.2. The second-order valence-electron chi connectivity index (χ2n) is 16.4. The lowest BCUT2D eigenvalue weighted by molar-refractivity contribution is -0.151. The Hall–Kier alpha value is -5.77. The summed E-state index contributed by atoms with van der Waals surface area (Å²) in [7, 11) is 1.64. The van der Waals surface area contributed by atoms with E-state index in [1.54, 1.807) is 27.9 Å². The lowest BCUT2D eigenvalue weighted by Crippen LogP contribution is -2.48. The summed E-state index contributed by atoms with van der Waals surface area (Å²) in [6.45, 7) is 10.8. The van der Waals surface area contributed by atoms with E-state index in [0.29, 0.717) is 35.5 Å². The molecule has 3 amide bonds. The minimum absolute atomic E-state index is 0.0146. The first-order valence-electron chi connectivity index (χ1n) is 19.8. The number of amides is 3. The largest absolute Gasteiger partial charge is 0.497 e. The van der Waals surface area contributed by atoms with Gasteiger partial charge in [0.25, 0.3) is 11.8 Å². The molecule has 1 fully saturated rings. The number of ether oxygens (including phenoxy) is 2. The standard InChI is InChI=1S/C48H47N3O6/c1-6-23-49-39-22-19-34(51-40-16-10-14-30-13-9-15-37(43(30)40)45(51)54)25-38(39)48(46(49)55)29(2)44(47(3,4)33-17-20-36(56-5)21-18-33)41(57-48)26-42(53)50-27-32-12-8-7-11-31(32)24-35(50)28-52/h6-22,25,29,35,41,44,52H,1,23-24,26-28H2,2-5H3/t29-,35-,41+,44-,48+/m0/s1. The number of hydrogen-bond donors (Lipinski definition) is 1. The van der Waals surface area contributed by atoms with Crippen molar-refractivity contribution in [3.63, 3.8) is 0 Å². The van der Waals surface area contributed by atoms with Crippen molar-refractivity contribution in [3.05, 3.63) is 144 Å². The Morgan fingerprint density at radius 1 is 0.965 bits per heavy atom. The van der Waals surface area contributed by atoms with E-state index in [9.17, 15) is 14.7 Å². The highest BCUT2D eigenvalue weighted by Crippen LogP contribution is 2.60. The zero-order valence-corrected chi connectivity index (χ0v) is 32.8. The minimum Gasteiger partial charge on any atom is -0.497 e. The maximum Gasteiger partial charge on any atom is 0.264 e. The van der Waals surface area contributed by atoms with Crippen LogP contribution in [-0.4, -0.2) is 60.1 Å². The summed E-state index contributed by atoms with van der Waals surface area (Å²) in [6.07, 6.45) is 1.60. The molecule has 5 atom stereocenters. The number of nitrogens with zero attached hydrogens (tertiary/aromatic N) is 3. The van der Waals surface area contributed by atoms with Crippen LogP contribution in [0.15, 0.2) is 116 Å². The van der Waals surface area contributed by atoms with Crippen molar-refractivity contribution in [1.82, 2.24) is 4.90 Å². The molecule has 4 aliphatic heterocycles. The summed E-state index contributed by atoms with van der Waals surface area (Å²) < 4.78 is 12.8. The molecule has 0 aromatic heterocycles. The molecule has 4 aliphatic rings. The smallest absolute Gasteiger partial charge is 0.264 e. The van der Waals surface area contributed by atoms with Crippen LogP contribution in [-0.2, 0) is 38.3 Å². The number of anilines is 3. The van der Waals surface area contributed by atoms with Gasteiger partial charge in [-0.05, 0) is 76.4 Å². The number of hydrogen-bond acceptors (Lipinski definition) is 6. The number of aliphatic hydroxyl groups excluding tert-OH is 1. The fraction of sp³-hybridized carbons (Fsp3) is 0.312. The van der Waals surface area contributed by atoms with Crippen molar-refractivity contribution in [2.24, 2.45) is 11.8 Å². The van der Waals surface area contributed by atoms with Gasteiger partial charge < -0.3 is 24.4 Å². The summed E-state index contributed by atoms with van der Waals surface area (Å²) in [6, 6.07) is 33.1. The molecule has 5 aromatic rings. The van der Waals surface area contributed by atoms with Gasteiger partial charge in [0.15, 0.2) is 5.60 Å². The third-order valence-electron chi connectivity index (χ3n) is 13.2. The van der Waals surface area contributed by atoms with Crippen LogP contribution < -0.4 is 14.5 Å². The number of rotatable bonds is 9. The first-order chi connectivity index (χ1) is 27.5. The molecular weight excluding hydrogens is 715 g/mol. The lowest BCUT2D eigenvalue weighted by Gasteiger charge is -2.40. The first-order valence-corrected chi connectivity index (χ1v) is 19.8. The SMILES string of the molecule is C=CCN1C(=O)[C@]2(O[C@H](CC(=O)N3Cc4ccccc4C[C@H]3CO)[C@@H](C(C)(C)c3ccc(OC)cc3)[C@@H]2C)c2cc(N3C(=O)c4cccc5cccc3c45)ccc21. The van der Waals surface area contributed by atoms with E-state index in [1.165, 1.54) is 0 Å². The van der Waals surface area contributed by atoms with E-state index < -0.39 is 23.0 Å². The van der Waals surface area contributed by atoms with Crippen molar-refractivity contribution < 1.29 is 29.0 Å². The molecule has 290 valence electrons. The van der Waals surface area contributed by atoms with Crippen LogP contribution in [0.5, 0.6) is 5.75 Å². The highest BCUT2D eigenvalue weighted by molar-refractivity contribution is 6.28. The van der Waals surface area contributed by atoms with Crippen molar-refractivity contribution in [3.8, 4) is 5.75 Å². The Labute approximate surface area is 333 Å². The van der Waals surface area contributed by atoms with Crippen LogP contribution in [0.25, 0.3) is 10.8 Å². The van der Waals surface area contributed by atoms with E-state index in [0.717, 1.165) is 38.9 Å². The van der Waals surface area contributed by atoms with Crippen molar-refractivity contribution in [1.29, 1.82) is 0 Å². The van der Waals surface area contributed by atoms with Gasteiger partial charge in [-0.2, -0.15) is 0 Å². The van der Waals surface area contributed by atoms with Crippen LogP contribution in [0.4, 0.5) is 17.1 Å². The number of carbonyl (C=O) groups is 3. The van der Waals surface area contributed by atoms with Crippen LogP contribution in [0, 0.1) is 11.8 Å². The predicted molar refractivity (Wildman–Crippen MR) is 221 cm³/mol. The van der Waals surface area contributed by atoms with E-state index >= 15 is 4.79 Å². The molecular formula is C48H47N3O6. The third kappa shape index (κ3) is 5.46. The fourth-order valence-electron chi connectivity index (χ4n) is 10.5. The summed E-state index contributed by atoms with van der Waals surface area (Å²) in [4.78, 5) is 49.3. The topological polar surface area (TPSA) is 99.6 Å². The zero-order valence-electron chi connectivity index (χ0n) is 32.8. The summed E-state index contributed by atoms with van der Waals surface area (Å²) in [5.41, 5.74) is 4.57. The predicted octanol–water partition coefficient (Wildman–Crippen LogP) is 7.83. The quantitative estimate of drug-likeness (QED) is 0.154. The normalized spacial score (nSPS) is 23.7. The van der Waals surface area contributed by atoms with Gasteiger partial charge in [-0.25, -0.2) is 0 Å². The lowest BCUT2D eigenvalue weighted by atomic mass is 9.63. The zero-order chi connectivity index (χ0) is 39.8. The number of carbonyl (C=O) groups excluding carboxylic acids is 3. The average molecular weight is 762 g/mol. The summed E-state index contributed by atoms with van der Waals surface area (Å²) in [5.74, 6) is -0.498. The second kappa shape index (κ2) is 13.7. The average Bonchev–Trinajstić information content (AvgIpc) is 3.78. The highest BCUT2D eigenvalue weighted by atomic mass is 16.5. The molecule has 57 heavy (non-hydrogen) atoms. The number of aliphatic hydroxyl groups is 1. The molecule has 0 unspecified atom stereocenters. The van der Waals surface area contributed by atoms with Crippen LogP contribution in [0.3, 0.4) is 0 Å². The van der Waals surface area contributed by atoms with E-state index in [-0.39, 0.29) is 49.3 Å². The van der Waals surface area contributed by atoms with Crippen molar-refractivity contribution in [2.45, 2.75) is 63.3 Å². The number of benzene rings is 5. The number of methoxy groups -OCH3 is 1. The van der Waals surface area contributed by atoms with Gasteiger partial charge in [0.05, 0.1) is 49.2 Å². The van der Waals surface area contributed by atoms with Gasteiger partial charge in [-0.1, -0.05) is 87.5 Å². The third-order valence-corrected chi connectivity index (χ3v) is 13.2. The first kappa shape index (κ1) is 36.8. The Kier molecular flexibility index (Phi) is 8.86. The fourth-order valence-corrected chi connectivity index (χ4v) is 10.5.